The Balaban J connectivity index is 2.72. The molecule has 20 heavy (non-hydrogen) atoms. The van der Waals surface area contributed by atoms with E-state index in [1.165, 1.54) is 30.3 Å². The molecule has 0 atom stereocenters. The first kappa shape index (κ1) is 14.4. The standard InChI is InChI=1S/C15H13F4N/c1-20(2)14-8-7-10(16)9-12(14)11-5-3-4-6-13(11)15(17,18)19/h3-9H,1-2H3. The monoisotopic (exact) mass is 283 g/mol. The normalized spacial score (nSPS) is 11.5. The van der Waals surface area contributed by atoms with Gasteiger partial charge >= 0.3 is 6.18 Å². The maximum absolute atomic E-state index is 13.4. The lowest BCUT2D eigenvalue weighted by Crippen LogP contribution is -2.12. The van der Waals surface area contributed by atoms with E-state index in [-0.39, 0.29) is 11.1 Å². The van der Waals surface area contributed by atoms with Crippen molar-refractivity contribution < 1.29 is 17.6 Å². The molecular formula is C15H13F4N. The molecule has 0 fully saturated rings. The summed E-state index contributed by atoms with van der Waals surface area (Å²) in [7, 11) is 3.40. The Kier molecular flexibility index (Phi) is 3.70. The van der Waals surface area contributed by atoms with Crippen molar-refractivity contribution in [1.29, 1.82) is 0 Å². The highest BCUT2D eigenvalue weighted by Crippen LogP contribution is 2.40. The van der Waals surface area contributed by atoms with Crippen molar-refractivity contribution in [3.63, 3.8) is 0 Å². The predicted molar refractivity (Wildman–Crippen MR) is 71.2 cm³/mol. The van der Waals surface area contributed by atoms with E-state index in [1.54, 1.807) is 19.0 Å². The van der Waals surface area contributed by atoms with Crippen molar-refractivity contribution in [2.24, 2.45) is 0 Å². The smallest absolute Gasteiger partial charge is 0.377 e. The number of rotatable bonds is 2. The number of anilines is 1. The van der Waals surface area contributed by atoms with Crippen molar-refractivity contribution in [2.45, 2.75) is 6.18 Å². The van der Waals surface area contributed by atoms with Gasteiger partial charge in [-0.1, -0.05) is 18.2 Å². The highest BCUT2D eigenvalue weighted by Gasteiger charge is 2.33. The Bertz CT molecular complexity index is 618. The topological polar surface area (TPSA) is 3.24 Å². The minimum Gasteiger partial charge on any atom is -0.377 e. The average Bonchev–Trinajstić information content (AvgIpc) is 2.37. The highest BCUT2D eigenvalue weighted by molar-refractivity contribution is 5.80. The summed E-state index contributed by atoms with van der Waals surface area (Å²) in [6.45, 7) is 0. The lowest BCUT2D eigenvalue weighted by Gasteiger charge is -2.20. The van der Waals surface area contributed by atoms with Gasteiger partial charge in [0.25, 0.3) is 0 Å². The fourth-order valence-corrected chi connectivity index (χ4v) is 2.08. The molecule has 0 saturated heterocycles. The van der Waals surface area contributed by atoms with E-state index in [0.717, 1.165) is 12.1 Å². The molecule has 2 aromatic carbocycles. The molecule has 0 aromatic heterocycles. The number of hydrogen-bond donors (Lipinski definition) is 0. The Labute approximate surface area is 114 Å². The zero-order valence-corrected chi connectivity index (χ0v) is 11.0. The Morgan fingerprint density at radius 3 is 2.15 bits per heavy atom. The summed E-state index contributed by atoms with van der Waals surface area (Å²) in [6.07, 6.45) is -4.48. The van der Waals surface area contributed by atoms with Crippen molar-refractivity contribution in [3.05, 3.63) is 53.8 Å². The Morgan fingerprint density at radius 1 is 0.900 bits per heavy atom. The average molecular weight is 283 g/mol. The molecule has 0 N–H and O–H groups in total. The van der Waals surface area contributed by atoms with E-state index in [2.05, 4.69) is 0 Å². The third-order valence-electron chi connectivity index (χ3n) is 2.96. The van der Waals surface area contributed by atoms with Gasteiger partial charge in [-0.3, -0.25) is 0 Å². The second-order valence-electron chi connectivity index (χ2n) is 4.60. The summed E-state index contributed by atoms with van der Waals surface area (Å²) in [5.41, 5.74) is -0.0390. The minimum absolute atomic E-state index is 0.0248. The lowest BCUT2D eigenvalue weighted by molar-refractivity contribution is -0.137. The zero-order valence-electron chi connectivity index (χ0n) is 11.0. The quantitative estimate of drug-likeness (QED) is 0.729. The number of benzene rings is 2. The fraction of sp³-hybridized carbons (Fsp3) is 0.200. The summed E-state index contributed by atoms with van der Waals surface area (Å²) in [4.78, 5) is 1.65. The van der Waals surface area contributed by atoms with Crippen molar-refractivity contribution >= 4 is 5.69 Å². The van der Waals surface area contributed by atoms with E-state index in [0.29, 0.717) is 5.69 Å². The van der Waals surface area contributed by atoms with Gasteiger partial charge in [0.05, 0.1) is 5.56 Å². The van der Waals surface area contributed by atoms with Crippen LogP contribution >= 0.6 is 0 Å². The van der Waals surface area contributed by atoms with Gasteiger partial charge in [0.2, 0.25) is 0 Å². The van der Waals surface area contributed by atoms with Gasteiger partial charge in [-0.15, -0.1) is 0 Å². The molecule has 0 bridgehead atoms. The first-order valence-electron chi connectivity index (χ1n) is 5.94. The molecule has 0 aliphatic heterocycles. The summed E-state index contributed by atoms with van der Waals surface area (Å²) < 4.78 is 52.6. The van der Waals surface area contributed by atoms with Crippen LogP contribution in [0.1, 0.15) is 5.56 Å². The summed E-state index contributed by atoms with van der Waals surface area (Å²) in [5, 5.41) is 0. The molecule has 0 spiro atoms. The predicted octanol–water partition coefficient (Wildman–Crippen LogP) is 4.58. The van der Waals surface area contributed by atoms with E-state index in [9.17, 15) is 17.6 Å². The van der Waals surface area contributed by atoms with Crippen LogP contribution in [0.3, 0.4) is 0 Å². The largest absolute Gasteiger partial charge is 0.417 e. The van der Waals surface area contributed by atoms with Crippen LogP contribution in [0.2, 0.25) is 0 Å². The van der Waals surface area contributed by atoms with Gasteiger partial charge < -0.3 is 4.90 Å². The van der Waals surface area contributed by atoms with Gasteiger partial charge in [0.1, 0.15) is 5.82 Å². The SMILES string of the molecule is CN(C)c1ccc(F)cc1-c1ccccc1C(F)(F)F. The van der Waals surface area contributed by atoms with Gasteiger partial charge in [-0.25, -0.2) is 4.39 Å². The van der Waals surface area contributed by atoms with Crippen LogP contribution < -0.4 is 4.90 Å². The molecule has 106 valence electrons. The summed E-state index contributed by atoms with van der Waals surface area (Å²) in [5.74, 6) is -0.567. The molecule has 0 saturated carbocycles. The summed E-state index contributed by atoms with van der Waals surface area (Å²) >= 11 is 0. The number of nitrogens with zero attached hydrogens (tertiary/aromatic N) is 1. The van der Waals surface area contributed by atoms with Crippen LogP contribution in [0.4, 0.5) is 23.2 Å². The molecule has 0 heterocycles. The minimum atomic E-state index is -4.48. The van der Waals surface area contributed by atoms with Crippen molar-refractivity contribution in [1.82, 2.24) is 0 Å². The highest BCUT2D eigenvalue weighted by atomic mass is 19.4. The van der Waals surface area contributed by atoms with E-state index >= 15 is 0 Å². The molecule has 0 aliphatic rings. The molecule has 2 rings (SSSR count). The second kappa shape index (κ2) is 5.15. The molecule has 0 unspecified atom stereocenters. The van der Waals surface area contributed by atoms with Gasteiger partial charge in [-0.2, -0.15) is 13.2 Å². The summed E-state index contributed by atoms with van der Waals surface area (Å²) in [6, 6.07) is 9.01. The maximum atomic E-state index is 13.4. The molecule has 2 aromatic rings. The van der Waals surface area contributed by atoms with E-state index < -0.39 is 17.6 Å². The van der Waals surface area contributed by atoms with Crippen LogP contribution in [0.25, 0.3) is 11.1 Å². The first-order valence-corrected chi connectivity index (χ1v) is 5.94. The van der Waals surface area contributed by atoms with Gasteiger partial charge in [0.15, 0.2) is 0 Å². The van der Waals surface area contributed by atoms with E-state index in [1.807, 2.05) is 0 Å². The maximum Gasteiger partial charge on any atom is 0.417 e. The van der Waals surface area contributed by atoms with Crippen molar-refractivity contribution in [2.75, 3.05) is 19.0 Å². The first-order chi connectivity index (χ1) is 9.30. The molecule has 0 aliphatic carbocycles. The lowest BCUT2D eigenvalue weighted by atomic mass is 9.97. The Morgan fingerprint density at radius 2 is 1.55 bits per heavy atom. The van der Waals surface area contributed by atoms with Crippen molar-refractivity contribution in [3.8, 4) is 11.1 Å². The molecule has 0 radical (unpaired) electrons. The van der Waals surface area contributed by atoms with Crippen LogP contribution in [0.5, 0.6) is 0 Å². The zero-order chi connectivity index (χ0) is 14.9. The van der Waals surface area contributed by atoms with Crippen LogP contribution in [0, 0.1) is 5.82 Å². The molecule has 1 nitrogen and oxygen atoms in total. The Hall–Kier alpha value is -2.04. The van der Waals surface area contributed by atoms with Crippen LogP contribution in [-0.4, -0.2) is 14.1 Å². The molecule has 5 heteroatoms. The van der Waals surface area contributed by atoms with E-state index in [4.69, 9.17) is 0 Å². The van der Waals surface area contributed by atoms with Crippen LogP contribution in [-0.2, 0) is 6.18 Å². The van der Waals surface area contributed by atoms with Gasteiger partial charge in [0, 0.05) is 25.3 Å². The van der Waals surface area contributed by atoms with Gasteiger partial charge in [-0.05, 0) is 29.8 Å². The molecular weight excluding hydrogens is 270 g/mol. The van der Waals surface area contributed by atoms with Crippen LogP contribution in [0.15, 0.2) is 42.5 Å². The fourth-order valence-electron chi connectivity index (χ4n) is 2.08. The third kappa shape index (κ3) is 2.76. The number of alkyl halides is 3. The number of hydrogen-bond acceptors (Lipinski definition) is 1. The molecule has 0 amide bonds. The third-order valence-corrected chi connectivity index (χ3v) is 2.96. The second-order valence-corrected chi connectivity index (χ2v) is 4.60. The number of halogens is 4.